The minimum atomic E-state index is 0.487. The lowest BCUT2D eigenvalue weighted by Crippen LogP contribution is -1.79. The maximum absolute atomic E-state index is 5.79. The van der Waals surface area contributed by atoms with Crippen molar-refractivity contribution in [1.82, 2.24) is 4.98 Å². The molecule has 4 rings (SSSR count). The fraction of sp³-hybridized carbons (Fsp3) is 0.0625. The Morgan fingerprint density at radius 2 is 1.85 bits per heavy atom. The molecule has 2 aromatic carbocycles. The van der Waals surface area contributed by atoms with Gasteiger partial charge in [0.2, 0.25) is 0 Å². The number of methoxy groups -OCH3 is 1. The van der Waals surface area contributed by atoms with Gasteiger partial charge in [-0.1, -0.05) is 12.1 Å². The van der Waals surface area contributed by atoms with Crippen LogP contribution in [0.15, 0.2) is 57.4 Å². The van der Waals surface area contributed by atoms with Crippen LogP contribution in [0.1, 0.15) is 0 Å². The molecule has 2 heterocycles. The van der Waals surface area contributed by atoms with Crippen molar-refractivity contribution >= 4 is 22.1 Å². The number of oxazole rings is 1. The van der Waals surface area contributed by atoms with Gasteiger partial charge in [0, 0.05) is 11.5 Å². The minimum Gasteiger partial charge on any atom is -0.497 e. The zero-order valence-corrected chi connectivity index (χ0v) is 10.8. The van der Waals surface area contributed by atoms with Crippen LogP contribution in [0.3, 0.4) is 0 Å². The highest BCUT2D eigenvalue weighted by molar-refractivity contribution is 5.84. The highest BCUT2D eigenvalue weighted by atomic mass is 16.5. The molecule has 0 saturated carbocycles. The molecule has 0 aliphatic rings. The molecule has 0 radical (unpaired) electrons. The van der Waals surface area contributed by atoms with Crippen molar-refractivity contribution in [2.24, 2.45) is 0 Å². The number of hydrogen-bond acceptors (Lipinski definition) is 4. The molecule has 4 nitrogen and oxygen atoms in total. The lowest BCUT2D eigenvalue weighted by Gasteiger charge is -1.96. The molecular formula is C16H11NO3. The van der Waals surface area contributed by atoms with Crippen LogP contribution in [0.4, 0.5) is 0 Å². The molecule has 2 aromatic heterocycles. The number of nitrogens with zero attached hydrogens (tertiary/aromatic N) is 1. The van der Waals surface area contributed by atoms with Gasteiger partial charge in [-0.15, -0.1) is 0 Å². The van der Waals surface area contributed by atoms with Crippen molar-refractivity contribution in [1.29, 1.82) is 0 Å². The van der Waals surface area contributed by atoms with Gasteiger partial charge in [-0.3, -0.25) is 0 Å². The summed E-state index contributed by atoms with van der Waals surface area (Å²) < 4.78 is 16.7. The summed E-state index contributed by atoms with van der Waals surface area (Å²) in [5.74, 6) is 1.86. The molecule has 0 N–H and O–H groups in total. The highest BCUT2D eigenvalue weighted by Gasteiger charge is 2.13. The van der Waals surface area contributed by atoms with Crippen LogP contribution in [0.5, 0.6) is 5.75 Å². The van der Waals surface area contributed by atoms with Gasteiger partial charge in [-0.05, 0) is 30.3 Å². The third kappa shape index (κ3) is 1.66. The summed E-state index contributed by atoms with van der Waals surface area (Å²) >= 11 is 0. The predicted molar refractivity (Wildman–Crippen MR) is 75.8 cm³/mol. The van der Waals surface area contributed by atoms with Crippen molar-refractivity contribution in [2.45, 2.75) is 0 Å². The monoisotopic (exact) mass is 265 g/mol. The molecule has 0 bridgehead atoms. The predicted octanol–water partition coefficient (Wildman–Crippen LogP) is 4.25. The van der Waals surface area contributed by atoms with E-state index in [2.05, 4.69) is 4.98 Å². The average Bonchev–Trinajstić information content (AvgIpc) is 3.09. The molecule has 4 aromatic rings. The lowest BCUT2D eigenvalue weighted by molar-refractivity contribution is 0.414. The normalized spacial score (nSPS) is 11.2. The summed E-state index contributed by atoms with van der Waals surface area (Å²) in [7, 11) is 1.63. The molecule has 0 amide bonds. The first-order chi connectivity index (χ1) is 9.83. The van der Waals surface area contributed by atoms with Crippen LogP contribution >= 0.6 is 0 Å². The Kier molecular flexibility index (Phi) is 2.29. The third-order valence-corrected chi connectivity index (χ3v) is 3.23. The van der Waals surface area contributed by atoms with Gasteiger partial charge < -0.3 is 13.6 Å². The van der Waals surface area contributed by atoms with Crippen molar-refractivity contribution < 1.29 is 13.6 Å². The largest absolute Gasteiger partial charge is 0.497 e. The second-order valence-electron chi connectivity index (χ2n) is 4.50. The topological polar surface area (TPSA) is 48.4 Å². The molecule has 0 aliphatic carbocycles. The van der Waals surface area contributed by atoms with Crippen LogP contribution in [0.2, 0.25) is 0 Å². The van der Waals surface area contributed by atoms with E-state index in [1.54, 1.807) is 7.11 Å². The number of ether oxygens (including phenoxy) is 1. The third-order valence-electron chi connectivity index (χ3n) is 3.23. The second-order valence-corrected chi connectivity index (χ2v) is 4.50. The summed E-state index contributed by atoms with van der Waals surface area (Å²) in [5, 5.41) is 0.989. The van der Waals surface area contributed by atoms with E-state index in [0.29, 0.717) is 11.7 Å². The Bertz CT molecular complexity index is 871. The second kappa shape index (κ2) is 4.13. The molecule has 0 spiro atoms. The molecule has 4 heteroatoms. The quantitative estimate of drug-likeness (QED) is 0.543. The first kappa shape index (κ1) is 11.1. The summed E-state index contributed by atoms with van der Waals surface area (Å²) in [6.07, 6.45) is 0. The number of rotatable bonds is 2. The van der Waals surface area contributed by atoms with E-state index >= 15 is 0 Å². The van der Waals surface area contributed by atoms with Gasteiger partial charge in [0.25, 0.3) is 5.89 Å². The first-order valence-corrected chi connectivity index (χ1v) is 6.27. The van der Waals surface area contributed by atoms with Crippen LogP contribution in [0.25, 0.3) is 33.7 Å². The Morgan fingerprint density at radius 1 is 0.950 bits per heavy atom. The number of para-hydroxylation sites is 2. The van der Waals surface area contributed by atoms with E-state index in [1.165, 1.54) is 0 Å². The van der Waals surface area contributed by atoms with E-state index in [-0.39, 0.29) is 0 Å². The molecular weight excluding hydrogens is 254 g/mol. The number of furan rings is 1. The Labute approximate surface area is 114 Å². The molecule has 0 unspecified atom stereocenters. The molecule has 20 heavy (non-hydrogen) atoms. The highest BCUT2D eigenvalue weighted by Crippen LogP contribution is 2.31. The van der Waals surface area contributed by atoms with Crippen LogP contribution in [-0.2, 0) is 0 Å². The number of aromatic nitrogens is 1. The number of benzene rings is 2. The summed E-state index contributed by atoms with van der Waals surface area (Å²) in [4.78, 5) is 4.43. The van der Waals surface area contributed by atoms with E-state index in [4.69, 9.17) is 13.6 Å². The van der Waals surface area contributed by atoms with Gasteiger partial charge in [-0.2, -0.15) is 0 Å². The molecule has 0 atom stereocenters. The minimum absolute atomic E-state index is 0.487. The molecule has 0 fully saturated rings. The lowest BCUT2D eigenvalue weighted by atomic mass is 10.2. The standard InChI is InChI=1S/C16H11NO3/c1-18-11-7-6-10-8-15(19-14(10)9-11)16-17-12-4-2-3-5-13(12)20-16/h2-9H,1H3. The Balaban J connectivity index is 1.88. The van der Waals surface area contributed by atoms with Gasteiger partial charge in [0.1, 0.15) is 16.8 Å². The zero-order chi connectivity index (χ0) is 13.5. The van der Waals surface area contributed by atoms with E-state index in [1.807, 2.05) is 48.5 Å². The fourth-order valence-corrected chi connectivity index (χ4v) is 2.22. The summed E-state index contributed by atoms with van der Waals surface area (Å²) in [6.45, 7) is 0. The Morgan fingerprint density at radius 3 is 2.70 bits per heavy atom. The summed E-state index contributed by atoms with van der Waals surface area (Å²) in [6, 6.07) is 15.3. The molecule has 0 aliphatic heterocycles. The van der Waals surface area contributed by atoms with E-state index < -0.39 is 0 Å². The van der Waals surface area contributed by atoms with Crippen molar-refractivity contribution in [3.63, 3.8) is 0 Å². The van der Waals surface area contributed by atoms with E-state index in [9.17, 15) is 0 Å². The van der Waals surface area contributed by atoms with Gasteiger partial charge in [0.05, 0.1) is 7.11 Å². The maximum Gasteiger partial charge on any atom is 0.263 e. The van der Waals surface area contributed by atoms with Crippen LogP contribution in [-0.4, -0.2) is 12.1 Å². The first-order valence-electron chi connectivity index (χ1n) is 6.27. The van der Waals surface area contributed by atoms with Gasteiger partial charge in [-0.25, -0.2) is 4.98 Å². The zero-order valence-electron chi connectivity index (χ0n) is 10.8. The van der Waals surface area contributed by atoms with Crippen molar-refractivity contribution in [3.8, 4) is 17.4 Å². The SMILES string of the molecule is COc1ccc2cc(-c3nc4ccccc4o3)oc2c1. The maximum atomic E-state index is 5.79. The van der Waals surface area contributed by atoms with E-state index in [0.717, 1.165) is 27.8 Å². The molecule has 98 valence electrons. The summed E-state index contributed by atoms with van der Waals surface area (Å²) in [5.41, 5.74) is 2.32. The van der Waals surface area contributed by atoms with Crippen molar-refractivity contribution in [3.05, 3.63) is 48.5 Å². The van der Waals surface area contributed by atoms with Gasteiger partial charge in [0.15, 0.2) is 11.3 Å². The fourth-order valence-electron chi connectivity index (χ4n) is 2.22. The molecule has 0 saturated heterocycles. The smallest absolute Gasteiger partial charge is 0.263 e. The van der Waals surface area contributed by atoms with Crippen LogP contribution in [0, 0.1) is 0 Å². The van der Waals surface area contributed by atoms with Gasteiger partial charge >= 0.3 is 0 Å². The van der Waals surface area contributed by atoms with Crippen LogP contribution < -0.4 is 4.74 Å². The van der Waals surface area contributed by atoms with Crippen molar-refractivity contribution in [2.75, 3.05) is 7.11 Å². The average molecular weight is 265 g/mol. The Hall–Kier alpha value is -2.75. The number of hydrogen-bond donors (Lipinski definition) is 0. The number of fused-ring (bicyclic) bond motifs is 2.